The van der Waals surface area contributed by atoms with E-state index in [9.17, 15) is 4.79 Å². The fourth-order valence-electron chi connectivity index (χ4n) is 2.42. The van der Waals surface area contributed by atoms with Crippen molar-refractivity contribution in [3.63, 3.8) is 0 Å². The van der Waals surface area contributed by atoms with Gasteiger partial charge < -0.3 is 9.64 Å². The van der Waals surface area contributed by atoms with E-state index in [0.717, 1.165) is 29.5 Å². The highest BCUT2D eigenvalue weighted by molar-refractivity contribution is 7.18. The molecule has 1 saturated heterocycles. The number of anilines is 1. The van der Waals surface area contributed by atoms with Crippen molar-refractivity contribution in [1.82, 2.24) is 4.98 Å². The lowest BCUT2D eigenvalue weighted by Gasteiger charge is -2.25. The standard InChI is InChI=1S/C15H16N2O2S/c18-11-19-14-13(12-7-3-1-4-8-12)16-15(20-14)17-9-5-2-6-10-17/h1,3-4,7-8,11H,2,5-6,9-10H2. The van der Waals surface area contributed by atoms with Crippen molar-refractivity contribution in [2.24, 2.45) is 0 Å². The van der Waals surface area contributed by atoms with Crippen LogP contribution in [0.25, 0.3) is 11.3 Å². The molecule has 1 fully saturated rings. The Morgan fingerprint density at radius 1 is 1.15 bits per heavy atom. The van der Waals surface area contributed by atoms with Gasteiger partial charge in [0.05, 0.1) is 0 Å². The monoisotopic (exact) mass is 288 g/mol. The van der Waals surface area contributed by atoms with Crippen molar-refractivity contribution in [2.45, 2.75) is 19.3 Å². The summed E-state index contributed by atoms with van der Waals surface area (Å²) in [5, 5.41) is 1.52. The van der Waals surface area contributed by atoms with Gasteiger partial charge in [0.25, 0.3) is 6.47 Å². The third kappa shape index (κ3) is 2.67. The molecule has 1 aromatic heterocycles. The predicted molar refractivity (Wildman–Crippen MR) is 80.3 cm³/mol. The summed E-state index contributed by atoms with van der Waals surface area (Å²) in [6, 6.07) is 9.83. The molecule has 104 valence electrons. The van der Waals surface area contributed by atoms with Gasteiger partial charge in [0.1, 0.15) is 5.69 Å². The summed E-state index contributed by atoms with van der Waals surface area (Å²) in [5.74, 6) is 0. The molecule has 5 heteroatoms. The lowest BCUT2D eigenvalue weighted by atomic mass is 10.1. The zero-order valence-electron chi connectivity index (χ0n) is 11.1. The third-order valence-electron chi connectivity index (χ3n) is 3.41. The molecule has 1 aromatic carbocycles. The molecule has 0 atom stereocenters. The second-order valence-corrected chi connectivity index (χ2v) is 5.70. The molecule has 0 amide bonds. The molecule has 3 rings (SSSR count). The van der Waals surface area contributed by atoms with Crippen molar-refractivity contribution >= 4 is 22.9 Å². The molecule has 1 aliphatic rings. The van der Waals surface area contributed by atoms with Crippen LogP contribution in [0.1, 0.15) is 19.3 Å². The van der Waals surface area contributed by atoms with E-state index in [2.05, 4.69) is 9.88 Å². The molecule has 1 aliphatic heterocycles. The topological polar surface area (TPSA) is 42.4 Å². The average molecular weight is 288 g/mol. The molecule has 0 unspecified atom stereocenters. The fraction of sp³-hybridized carbons (Fsp3) is 0.333. The van der Waals surface area contributed by atoms with Crippen LogP contribution in [-0.2, 0) is 4.79 Å². The van der Waals surface area contributed by atoms with E-state index >= 15 is 0 Å². The molecule has 0 N–H and O–H groups in total. The zero-order valence-corrected chi connectivity index (χ0v) is 11.9. The van der Waals surface area contributed by atoms with E-state index in [1.54, 1.807) is 0 Å². The van der Waals surface area contributed by atoms with Gasteiger partial charge in [0.2, 0.25) is 5.06 Å². The SMILES string of the molecule is O=COc1sc(N2CCCCC2)nc1-c1ccccc1. The number of benzene rings is 1. The second kappa shape index (κ2) is 6.05. The van der Waals surface area contributed by atoms with Crippen LogP contribution >= 0.6 is 11.3 Å². The summed E-state index contributed by atoms with van der Waals surface area (Å²) in [7, 11) is 0. The Morgan fingerprint density at radius 2 is 1.90 bits per heavy atom. The smallest absolute Gasteiger partial charge is 0.299 e. The summed E-state index contributed by atoms with van der Waals surface area (Å²) in [6.45, 7) is 2.53. The highest BCUT2D eigenvalue weighted by atomic mass is 32.1. The Kier molecular flexibility index (Phi) is 3.97. The second-order valence-electron chi connectivity index (χ2n) is 4.76. The molecular formula is C15H16N2O2S. The number of rotatable bonds is 4. The summed E-state index contributed by atoms with van der Waals surface area (Å²) >= 11 is 1.45. The van der Waals surface area contributed by atoms with E-state index in [4.69, 9.17) is 4.74 Å². The van der Waals surface area contributed by atoms with Gasteiger partial charge in [-0.3, -0.25) is 4.79 Å². The summed E-state index contributed by atoms with van der Waals surface area (Å²) in [5.41, 5.74) is 1.73. The maximum absolute atomic E-state index is 10.7. The number of hydrogen-bond donors (Lipinski definition) is 0. The fourth-order valence-corrected chi connectivity index (χ4v) is 3.38. The third-order valence-corrected chi connectivity index (χ3v) is 4.42. The van der Waals surface area contributed by atoms with Crippen molar-refractivity contribution in [1.29, 1.82) is 0 Å². The number of thiazole rings is 1. The van der Waals surface area contributed by atoms with Crippen molar-refractivity contribution < 1.29 is 9.53 Å². The molecule has 0 bridgehead atoms. The van der Waals surface area contributed by atoms with Gasteiger partial charge in [0, 0.05) is 18.7 Å². The number of carbonyl (C=O) groups excluding carboxylic acids is 1. The maximum atomic E-state index is 10.7. The van der Waals surface area contributed by atoms with Crippen molar-refractivity contribution in [3.8, 4) is 16.3 Å². The van der Waals surface area contributed by atoms with Gasteiger partial charge in [0.15, 0.2) is 5.13 Å². The van der Waals surface area contributed by atoms with E-state index in [1.165, 1.54) is 30.6 Å². The molecule has 4 nitrogen and oxygen atoms in total. The van der Waals surface area contributed by atoms with Gasteiger partial charge in [-0.1, -0.05) is 41.7 Å². The summed E-state index contributed by atoms with van der Waals surface area (Å²) in [4.78, 5) is 17.6. The summed E-state index contributed by atoms with van der Waals surface area (Å²) < 4.78 is 5.11. The Hall–Kier alpha value is -1.88. The van der Waals surface area contributed by atoms with Crippen LogP contribution in [0, 0.1) is 0 Å². The summed E-state index contributed by atoms with van der Waals surface area (Å²) in [6.07, 6.45) is 3.68. The van der Waals surface area contributed by atoms with Crippen LogP contribution in [0.2, 0.25) is 0 Å². The molecule has 0 radical (unpaired) electrons. The van der Waals surface area contributed by atoms with Gasteiger partial charge in [-0.15, -0.1) is 0 Å². The van der Waals surface area contributed by atoms with Crippen molar-refractivity contribution in [2.75, 3.05) is 18.0 Å². The Balaban J connectivity index is 1.95. The van der Waals surface area contributed by atoms with Crippen LogP contribution in [-0.4, -0.2) is 24.5 Å². The van der Waals surface area contributed by atoms with Crippen LogP contribution in [0.4, 0.5) is 5.13 Å². The highest BCUT2D eigenvalue weighted by Crippen LogP contribution is 2.39. The first-order valence-electron chi connectivity index (χ1n) is 6.80. The number of aromatic nitrogens is 1. The van der Waals surface area contributed by atoms with E-state index in [1.807, 2.05) is 30.3 Å². The minimum Gasteiger partial charge on any atom is -0.415 e. The Labute approximate surface area is 122 Å². The molecule has 20 heavy (non-hydrogen) atoms. The van der Waals surface area contributed by atoms with Crippen LogP contribution in [0.5, 0.6) is 5.06 Å². The largest absolute Gasteiger partial charge is 0.415 e. The van der Waals surface area contributed by atoms with Gasteiger partial charge in [-0.25, -0.2) is 4.98 Å². The normalized spacial score (nSPS) is 15.1. The van der Waals surface area contributed by atoms with Gasteiger partial charge >= 0.3 is 0 Å². The Morgan fingerprint density at radius 3 is 2.60 bits per heavy atom. The zero-order chi connectivity index (χ0) is 13.8. The van der Waals surface area contributed by atoms with E-state index in [0.29, 0.717) is 11.5 Å². The molecule has 2 heterocycles. The highest BCUT2D eigenvalue weighted by Gasteiger charge is 2.20. The lowest BCUT2D eigenvalue weighted by molar-refractivity contribution is -0.120. The first kappa shape index (κ1) is 13.1. The molecule has 0 aliphatic carbocycles. The predicted octanol–water partition coefficient (Wildman–Crippen LogP) is 3.34. The van der Waals surface area contributed by atoms with Crippen LogP contribution in [0.3, 0.4) is 0 Å². The number of nitrogens with zero attached hydrogens (tertiary/aromatic N) is 2. The lowest BCUT2D eigenvalue weighted by Crippen LogP contribution is -2.29. The molecular weight excluding hydrogens is 272 g/mol. The maximum Gasteiger partial charge on any atom is 0.299 e. The van der Waals surface area contributed by atoms with Gasteiger partial charge in [-0.05, 0) is 19.3 Å². The first-order valence-corrected chi connectivity index (χ1v) is 7.61. The molecule has 0 spiro atoms. The van der Waals surface area contributed by atoms with Crippen LogP contribution < -0.4 is 9.64 Å². The van der Waals surface area contributed by atoms with E-state index < -0.39 is 0 Å². The number of hydrogen-bond acceptors (Lipinski definition) is 5. The Bertz CT molecular complexity index is 577. The minimum absolute atomic E-state index is 0.472. The molecule has 2 aromatic rings. The minimum atomic E-state index is 0.472. The number of carbonyl (C=O) groups is 1. The number of ether oxygens (including phenoxy) is 1. The van der Waals surface area contributed by atoms with E-state index in [-0.39, 0.29) is 0 Å². The number of piperidine rings is 1. The van der Waals surface area contributed by atoms with Crippen LogP contribution in [0.15, 0.2) is 30.3 Å². The quantitative estimate of drug-likeness (QED) is 0.809. The molecule has 0 saturated carbocycles. The first-order chi connectivity index (χ1) is 9.88. The van der Waals surface area contributed by atoms with Gasteiger partial charge in [-0.2, -0.15) is 0 Å². The van der Waals surface area contributed by atoms with Crippen molar-refractivity contribution in [3.05, 3.63) is 30.3 Å². The average Bonchev–Trinajstić information content (AvgIpc) is 2.94.